The van der Waals surface area contributed by atoms with Crippen molar-refractivity contribution in [2.24, 2.45) is 17.8 Å². The lowest BCUT2D eigenvalue weighted by Gasteiger charge is -2.34. The number of esters is 3. The van der Waals surface area contributed by atoms with Crippen LogP contribution in [0.1, 0.15) is 39.5 Å². The Morgan fingerprint density at radius 1 is 1.10 bits per heavy atom. The van der Waals surface area contributed by atoms with Crippen molar-refractivity contribution in [2.45, 2.75) is 69.5 Å². The zero-order chi connectivity index (χ0) is 21.8. The number of hydrogen-bond acceptors (Lipinski definition) is 9. The zero-order valence-electron chi connectivity index (χ0n) is 18.1. The van der Waals surface area contributed by atoms with Crippen LogP contribution in [0.15, 0.2) is 0 Å². The summed E-state index contributed by atoms with van der Waals surface area (Å²) in [6.45, 7) is 6.48. The highest BCUT2D eigenvalue weighted by Gasteiger charge is 2.72. The molecule has 4 saturated heterocycles. The van der Waals surface area contributed by atoms with Gasteiger partial charge < -0.3 is 23.7 Å². The number of hydrogen-bond donors (Lipinski definition) is 0. The number of fused-ring (bicyclic) bond motifs is 1. The molecule has 1 saturated carbocycles. The van der Waals surface area contributed by atoms with E-state index in [9.17, 15) is 14.4 Å². The van der Waals surface area contributed by atoms with Crippen LogP contribution in [-0.4, -0.2) is 85.7 Å². The van der Waals surface area contributed by atoms with Crippen LogP contribution < -0.4 is 0 Å². The van der Waals surface area contributed by atoms with Gasteiger partial charge in [-0.1, -0.05) is 12.8 Å². The molecule has 0 radical (unpaired) electrons. The molecule has 31 heavy (non-hydrogen) atoms. The van der Waals surface area contributed by atoms with Gasteiger partial charge in [0.25, 0.3) is 0 Å². The van der Waals surface area contributed by atoms with Crippen LogP contribution in [0.4, 0.5) is 0 Å². The van der Waals surface area contributed by atoms with E-state index in [0.29, 0.717) is 32.2 Å². The van der Waals surface area contributed by atoms with E-state index >= 15 is 0 Å². The van der Waals surface area contributed by atoms with Gasteiger partial charge in [-0.15, -0.1) is 0 Å². The summed E-state index contributed by atoms with van der Waals surface area (Å²) < 4.78 is 28.4. The van der Waals surface area contributed by atoms with Crippen LogP contribution in [-0.2, 0) is 38.1 Å². The number of morpholine rings is 1. The average Bonchev–Trinajstić information content (AvgIpc) is 3.47. The highest BCUT2D eigenvalue weighted by Crippen LogP contribution is 2.52. The molecule has 5 rings (SSSR count). The molecule has 4 heterocycles. The van der Waals surface area contributed by atoms with Crippen molar-refractivity contribution in [3.8, 4) is 0 Å². The summed E-state index contributed by atoms with van der Waals surface area (Å²) in [4.78, 5) is 40.2. The molecule has 4 aliphatic heterocycles. The highest BCUT2D eigenvalue weighted by atomic mass is 16.7. The summed E-state index contributed by atoms with van der Waals surface area (Å²) >= 11 is 0. The second-order valence-corrected chi connectivity index (χ2v) is 9.87. The first-order chi connectivity index (χ1) is 14.8. The van der Waals surface area contributed by atoms with Gasteiger partial charge in [0.1, 0.15) is 29.6 Å². The van der Waals surface area contributed by atoms with Crippen molar-refractivity contribution in [1.29, 1.82) is 0 Å². The van der Waals surface area contributed by atoms with E-state index in [2.05, 4.69) is 0 Å². The monoisotopic (exact) mass is 437 g/mol. The van der Waals surface area contributed by atoms with Gasteiger partial charge in [-0.25, -0.2) is 0 Å². The fourth-order valence-corrected chi connectivity index (χ4v) is 5.90. The molecule has 2 bridgehead atoms. The fraction of sp³-hybridized carbons (Fsp3) is 0.864. The molecule has 0 spiro atoms. The molecule has 5 aliphatic rings. The molecule has 172 valence electrons. The summed E-state index contributed by atoms with van der Waals surface area (Å²) in [7, 11) is 0. The summed E-state index contributed by atoms with van der Waals surface area (Å²) in [5.41, 5.74) is -0.611. The number of ether oxygens (including phenoxy) is 5. The molecule has 0 amide bonds. The molecule has 0 aromatic heterocycles. The molecule has 0 aromatic rings. The third-order valence-corrected chi connectivity index (χ3v) is 7.60. The summed E-state index contributed by atoms with van der Waals surface area (Å²) in [5, 5.41) is 0. The van der Waals surface area contributed by atoms with Gasteiger partial charge in [-0.05, 0) is 32.6 Å². The van der Waals surface area contributed by atoms with Gasteiger partial charge in [-0.2, -0.15) is 0 Å². The minimum absolute atomic E-state index is 0.130. The Labute approximate surface area is 181 Å². The largest absolute Gasteiger partial charge is 0.459 e. The van der Waals surface area contributed by atoms with Crippen LogP contribution in [0, 0.1) is 17.8 Å². The second kappa shape index (κ2) is 8.01. The van der Waals surface area contributed by atoms with Gasteiger partial charge in [-0.3, -0.25) is 19.3 Å². The predicted molar refractivity (Wildman–Crippen MR) is 105 cm³/mol. The van der Waals surface area contributed by atoms with Gasteiger partial charge in [0.05, 0.1) is 19.8 Å². The normalized spacial score (nSPS) is 37.8. The number of rotatable bonds is 6. The topological polar surface area (TPSA) is 101 Å². The fourth-order valence-electron chi connectivity index (χ4n) is 5.90. The lowest BCUT2D eigenvalue weighted by Crippen LogP contribution is -2.50. The molecule has 6 unspecified atom stereocenters. The Hall–Kier alpha value is -1.71. The summed E-state index contributed by atoms with van der Waals surface area (Å²) in [6.07, 6.45) is 1.63. The SMILES string of the molecule is CC(C)(OC(=O)C1C2OC3C(OC(=O)C31)C2OC(=O)CN1CCOCC1)C1CCCC1. The zero-order valence-corrected chi connectivity index (χ0v) is 18.1. The van der Waals surface area contributed by atoms with Crippen molar-refractivity contribution in [2.75, 3.05) is 32.8 Å². The standard InChI is InChI=1S/C22H31NO8/c1-22(2,12-5-3-4-6-12)31-21(26)15-14-16-19(30-20(14)25)18(17(15)29-16)28-13(24)11-23-7-9-27-10-8-23/h12,14-19H,3-11H2,1-2H3. The van der Waals surface area contributed by atoms with Crippen LogP contribution >= 0.6 is 0 Å². The number of nitrogens with zero attached hydrogens (tertiary/aromatic N) is 1. The molecule has 6 atom stereocenters. The smallest absolute Gasteiger partial charge is 0.320 e. The van der Waals surface area contributed by atoms with Gasteiger partial charge in [0.15, 0.2) is 12.2 Å². The van der Waals surface area contributed by atoms with E-state index in [-0.39, 0.29) is 6.54 Å². The molecule has 9 heteroatoms. The molecule has 0 N–H and O–H groups in total. The van der Waals surface area contributed by atoms with Crippen molar-refractivity contribution in [3.05, 3.63) is 0 Å². The maximum absolute atomic E-state index is 13.2. The van der Waals surface area contributed by atoms with Crippen LogP contribution in [0.25, 0.3) is 0 Å². The first-order valence-corrected chi connectivity index (χ1v) is 11.4. The lowest BCUT2D eigenvalue weighted by molar-refractivity contribution is -0.175. The van der Waals surface area contributed by atoms with Crippen molar-refractivity contribution in [3.63, 3.8) is 0 Å². The number of carbonyl (C=O) groups excluding carboxylic acids is 3. The molecule has 0 aromatic carbocycles. The minimum Gasteiger partial charge on any atom is -0.459 e. The lowest BCUT2D eigenvalue weighted by atomic mass is 9.78. The predicted octanol–water partition coefficient (Wildman–Crippen LogP) is 0.681. The average molecular weight is 437 g/mol. The Kier molecular flexibility index (Phi) is 5.46. The first-order valence-electron chi connectivity index (χ1n) is 11.4. The Morgan fingerprint density at radius 3 is 2.52 bits per heavy atom. The maximum atomic E-state index is 13.2. The summed E-state index contributed by atoms with van der Waals surface area (Å²) in [5.74, 6) is -2.53. The van der Waals surface area contributed by atoms with E-state index in [1.807, 2.05) is 18.7 Å². The van der Waals surface area contributed by atoms with E-state index in [1.165, 1.54) is 0 Å². The molecular formula is C22H31NO8. The quantitative estimate of drug-likeness (QED) is 0.439. The number of carbonyl (C=O) groups is 3. The third-order valence-electron chi connectivity index (χ3n) is 7.60. The maximum Gasteiger partial charge on any atom is 0.320 e. The van der Waals surface area contributed by atoms with E-state index in [4.69, 9.17) is 23.7 Å². The van der Waals surface area contributed by atoms with Crippen LogP contribution in [0.2, 0.25) is 0 Å². The molecule has 9 nitrogen and oxygen atoms in total. The Morgan fingerprint density at radius 2 is 1.81 bits per heavy atom. The molecule has 1 aliphatic carbocycles. The Bertz CT molecular complexity index is 742. The highest BCUT2D eigenvalue weighted by molar-refractivity contribution is 5.87. The second-order valence-electron chi connectivity index (χ2n) is 9.87. The Balaban J connectivity index is 1.27. The summed E-state index contributed by atoms with van der Waals surface area (Å²) in [6, 6.07) is 0. The minimum atomic E-state index is -0.807. The first kappa shape index (κ1) is 21.2. The van der Waals surface area contributed by atoms with Crippen molar-refractivity contribution >= 4 is 17.9 Å². The van der Waals surface area contributed by atoms with E-state index in [0.717, 1.165) is 25.7 Å². The van der Waals surface area contributed by atoms with Crippen LogP contribution in [0.3, 0.4) is 0 Å². The molecular weight excluding hydrogens is 406 g/mol. The third kappa shape index (κ3) is 3.74. The van der Waals surface area contributed by atoms with Gasteiger partial charge in [0, 0.05) is 13.1 Å². The van der Waals surface area contributed by atoms with Gasteiger partial charge >= 0.3 is 17.9 Å². The van der Waals surface area contributed by atoms with Crippen molar-refractivity contribution in [1.82, 2.24) is 4.90 Å². The molecule has 5 fully saturated rings. The van der Waals surface area contributed by atoms with E-state index in [1.54, 1.807) is 0 Å². The van der Waals surface area contributed by atoms with Gasteiger partial charge in [0.2, 0.25) is 0 Å². The van der Waals surface area contributed by atoms with Crippen LogP contribution in [0.5, 0.6) is 0 Å². The van der Waals surface area contributed by atoms with Crippen molar-refractivity contribution < 1.29 is 38.1 Å². The van der Waals surface area contributed by atoms with E-state index < -0.39 is 59.8 Å².